The Hall–Kier alpha value is -1.34. The van der Waals surface area contributed by atoms with Crippen molar-refractivity contribution in [2.45, 2.75) is 4.90 Å². The van der Waals surface area contributed by atoms with Crippen molar-refractivity contribution in [3.63, 3.8) is 0 Å². The third-order valence-electron chi connectivity index (χ3n) is 2.23. The molecule has 0 spiro atoms. The number of halogens is 1. The number of ether oxygens (including phenoxy) is 1. The number of carbonyl (C=O) groups excluding carboxylic acids is 1. The van der Waals surface area contributed by atoms with Crippen molar-refractivity contribution >= 4 is 31.7 Å². The molecule has 7 heteroatoms. The van der Waals surface area contributed by atoms with Gasteiger partial charge in [0.05, 0.1) is 7.11 Å². The fourth-order valence-electron chi connectivity index (χ4n) is 1.38. The summed E-state index contributed by atoms with van der Waals surface area (Å²) in [5.41, 5.74) is 0. The average molecular weight is 348 g/mol. The van der Waals surface area contributed by atoms with Gasteiger partial charge in [-0.1, -0.05) is 22.0 Å². The molecule has 1 aromatic carbocycles. The molecule has 0 aromatic heterocycles. The largest absolute Gasteiger partial charge is 0.495 e. The van der Waals surface area contributed by atoms with Gasteiger partial charge in [0.2, 0.25) is 5.91 Å². The fourth-order valence-corrected chi connectivity index (χ4v) is 3.26. The maximum Gasteiger partial charge on any atom is 0.235 e. The van der Waals surface area contributed by atoms with Gasteiger partial charge >= 0.3 is 0 Å². The minimum absolute atomic E-state index is 0.0156. The Kier molecular flexibility index (Phi) is 5.56. The fraction of sp³-hybridized carbons (Fsp3) is 0.250. The molecule has 1 rings (SSSR count). The SMILES string of the molecule is C=CCNC(=O)CS(=O)(=O)c1cc(Br)ccc1OC. The molecule has 0 atom stereocenters. The van der Waals surface area contributed by atoms with E-state index >= 15 is 0 Å². The van der Waals surface area contributed by atoms with Crippen LogP contribution >= 0.6 is 15.9 Å². The van der Waals surface area contributed by atoms with Crippen LogP contribution in [-0.2, 0) is 14.6 Å². The van der Waals surface area contributed by atoms with Crippen molar-refractivity contribution in [3.8, 4) is 5.75 Å². The number of benzene rings is 1. The molecule has 1 amide bonds. The highest BCUT2D eigenvalue weighted by molar-refractivity contribution is 9.10. The minimum atomic E-state index is -3.76. The van der Waals surface area contributed by atoms with E-state index < -0.39 is 21.5 Å². The number of hydrogen-bond donors (Lipinski definition) is 1. The summed E-state index contributed by atoms with van der Waals surface area (Å²) >= 11 is 3.19. The molecule has 0 bridgehead atoms. The van der Waals surface area contributed by atoms with Crippen molar-refractivity contribution in [2.75, 3.05) is 19.4 Å². The summed E-state index contributed by atoms with van der Waals surface area (Å²) in [5.74, 6) is -1.00. The lowest BCUT2D eigenvalue weighted by Crippen LogP contribution is -2.30. The highest BCUT2D eigenvalue weighted by atomic mass is 79.9. The first-order valence-corrected chi connectivity index (χ1v) is 7.79. The summed E-state index contributed by atoms with van der Waals surface area (Å²) in [6, 6.07) is 4.60. The predicted molar refractivity (Wildman–Crippen MR) is 76.0 cm³/mol. The van der Waals surface area contributed by atoms with Crippen molar-refractivity contribution in [3.05, 3.63) is 35.3 Å². The first-order valence-electron chi connectivity index (χ1n) is 5.34. The van der Waals surface area contributed by atoms with Crippen LogP contribution in [-0.4, -0.2) is 33.7 Å². The van der Waals surface area contributed by atoms with Crippen LogP contribution in [0.3, 0.4) is 0 Å². The molecule has 0 fully saturated rings. The Morgan fingerprint density at radius 1 is 1.53 bits per heavy atom. The van der Waals surface area contributed by atoms with E-state index in [1.165, 1.54) is 25.3 Å². The Bertz CT molecular complexity index is 583. The normalized spacial score (nSPS) is 10.8. The maximum atomic E-state index is 12.2. The molecule has 1 N–H and O–H groups in total. The molecule has 0 aliphatic rings. The van der Waals surface area contributed by atoms with Gasteiger partial charge in [0.15, 0.2) is 9.84 Å². The van der Waals surface area contributed by atoms with Gasteiger partial charge in [-0.15, -0.1) is 6.58 Å². The Morgan fingerprint density at radius 3 is 2.79 bits per heavy atom. The topological polar surface area (TPSA) is 72.5 Å². The van der Waals surface area contributed by atoms with E-state index in [4.69, 9.17) is 4.74 Å². The van der Waals surface area contributed by atoms with Gasteiger partial charge in [0.1, 0.15) is 16.4 Å². The quantitative estimate of drug-likeness (QED) is 0.792. The van der Waals surface area contributed by atoms with Crippen LogP contribution in [0, 0.1) is 0 Å². The predicted octanol–water partition coefficient (Wildman–Crippen LogP) is 1.53. The Morgan fingerprint density at radius 2 is 2.21 bits per heavy atom. The molecule has 0 aliphatic carbocycles. The number of methoxy groups -OCH3 is 1. The third-order valence-corrected chi connectivity index (χ3v) is 4.35. The van der Waals surface area contributed by atoms with Gasteiger partial charge < -0.3 is 10.1 Å². The Labute approximate surface area is 120 Å². The number of rotatable bonds is 6. The van der Waals surface area contributed by atoms with Crippen LogP contribution in [0.25, 0.3) is 0 Å². The van der Waals surface area contributed by atoms with Crippen LogP contribution in [0.5, 0.6) is 5.75 Å². The second-order valence-electron chi connectivity index (χ2n) is 3.65. The molecule has 5 nitrogen and oxygen atoms in total. The van der Waals surface area contributed by atoms with E-state index in [1.54, 1.807) is 6.07 Å². The number of amides is 1. The highest BCUT2D eigenvalue weighted by Crippen LogP contribution is 2.28. The van der Waals surface area contributed by atoms with Gasteiger partial charge in [-0.05, 0) is 18.2 Å². The van der Waals surface area contributed by atoms with E-state index in [0.717, 1.165) is 0 Å². The van der Waals surface area contributed by atoms with Gasteiger partial charge in [0.25, 0.3) is 0 Å². The van der Waals surface area contributed by atoms with Gasteiger partial charge in [-0.3, -0.25) is 4.79 Å². The molecule has 0 saturated heterocycles. The number of nitrogens with one attached hydrogen (secondary N) is 1. The zero-order chi connectivity index (χ0) is 14.5. The summed E-state index contributed by atoms with van der Waals surface area (Å²) in [4.78, 5) is 11.5. The lowest BCUT2D eigenvalue weighted by molar-refractivity contribution is -0.118. The highest BCUT2D eigenvalue weighted by Gasteiger charge is 2.23. The monoisotopic (exact) mass is 347 g/mol. The second-order valence-corrected chi connectivity index (χ2v) is 6.52. The lowest BCUT2D eigenvalue weighted by Gasteiger charge is -2.10. The van der Waals surface area contributed by atoms with Crippen LogP contribution in [0.1, 0.15) is 0 Å². The summed E-state index contributed by atoms with van der Waals surface area (Å²) in [6.45, 7) is 3.66. The van der Waals surface area contributed by atoms with Crippen LogP contribution < -0.4 is 10.1 Å². The first-order chi connectivity index (χ1) is 8.90. The first kappa shape index (κ1) is 15.7. The van der Waals surface area contributed by atoms with Crippen molar-refractivity contribution in [1.29, 1.82) is 0 Å². The van der Waals surface area contributed by atoms with Crippen molar-refractivity contribution in [1.82, 2.24) is 5.32 Å². The van der Waals surface area contributed by atoms with E-state index in [0.29, 0.717) is 4.47 Å². The molecule has 1 aromatic rings. The standard InChI is InChI=1S/C12H14BrNO4S/c1-3-6-14-12(15)8-19(16,17)11-7-9(13)4-5-10(11)18-2/h3-5,7H,1,6,8H2,2H3,(H,14,15). The van der Waals surface area contributed by atoms with E-state index in [2.05, 4.69) is 27.8 Å². The van der Waals surface area contributed by atoms with E-state index in [-0.39, 0.29) is 17.2 Å². The van der Waals surface area contributed by atoms with Crippen LogP contribution in [0.2, 0.25) is 0 Å². The van der Waals surface area contributed by atoms with Gasteiger partial charge in [0, 0.05) is 11.0 Å². The third kappa shape index (κ3) is 4.36. The summed E-state index contributed by atoms with van der Waals surface area (Å²) < 4.78 is 29.9. The molecule has 104 valence electrons. The maximum absolute atomic E-state index is 12.2. The smallest absolute Gasteiger partial charge is 0.235 e. The summed E-state index contributed by atoms with van der Waals surface area (Å²) in [5, 5.41) is 2.42. The zero-order valence-electron chi connectivity index (χ0n) is 10.3. The molecule has 19 heavy (non-hydrogen) atoms. The van der Waals surface area contributed by atoms with Crippen molar-refractivity contribution < 1.29 is 17.9 Å². The molecule has 0 unspecified atom stereocenters. The van der Waals surface area contributed by atoms with Gasteiger partial charge in [-0.25, -0.2) is 8.42 Å². The molecule has 0 aliphatic heterocycles. The van der Waals surface area contributed by atoms with Crippen molar-refractivity contribution in [2.24, 2.45) is 0 Å². The number of hydrogen-bond acceptors (Lipinski definition) is 4. The van der Waals surface area contributed by atoms with E-state index in [1.807, 2.05) is 0 Å². The van der Waals surface area contributed by atoms with Crippen LogP contribution in [0.15, 0.2) is 40.2 Å². The molecule has 0 saturated carbocycles. The Balaban J connectivity index is 3.03. The average Bonchev–Trinajstić information content (AvgIpc) is 2.35. The van der Waals surface area contributed by atoms with E-state index in [9.17, 15) is 13.2 Å². The minimum Gasteiger partial charge on any atom is -0.495 e. The molecule has 0 radical (unpaired) electrons. The van der Waals surface area contributed by atoms with Gasteiger partial charge in [-0.2, -0.15) is 0 Å². The number of sulfone groups is 1. The summed E-state index contributed by atoms with van der Waals surface area (Å²) in [7, 11) is -2.38. The molecular weight excluding hydrogens is 334 g/mol. The zero-order valence-corrected chi connectivity index (χ0v) is 12.8. The van der Waals surface area contributed by atoms with Crippen LogP contribution in [0.4, 0.5) is 0 Å². The summed E-state index contributed by atoms with van der Waals surface area (Å²) in [6.07, 6.45) is 1.48. The lowest BCUT2D eigenvalue weighted by atomic mass is 10.3. The molecule has 0 heterocycles. The second kappa shape index (κ2) is 6.72. The molecular formula is C12H14BrNO4S. The number of carbonyl (C=O) groups is 1.